The van der Waals surface area contributed by atoms with Crippen LogP contribution in [0.1, 0.15) is 51.0 Å². The van der Waals surface area contributed by atoms with Gasteiger partial charge in [-0.2, -0.15) is 0 Å². The minimum absolute atomic E-state index is 0.803. The van der Waals surface area contributed by atoms with Crippen LogP contribution in [-0.2, 0) is 6.54 Å². The lowest BCUT2D eigenvalue weighted by Crippen LogP contribution is -2.39. The van der Waals surface area contributed by atoms with Crippen molar-refractivity contribution in [1.29, 1.82) is 0 Å². The maximum absolute atomic E-state index is 5.91. The Morgan fingerprint density at radius 3 is 2.68 bits per heavy atom. The standard InChI is InChI=1S/C17H26N2/c1-13-4-2-7-17(10-13)19(16-8-9-16)12-14-5-3-6-15(18)11-14/h3,5-6,11,13,16-17H,2,4,7-10,12,18H2,1H3. The van der Waals surface area contributed by atoms with E-state index in [1.54, 1.807) is 0 Å². The molecule has 0 amide bonds. The van der Waals surface area contributed by atoms with Crippen molar-refractivity contribution < 1.29 is 0 Å². The first-order chi connectivity index (χ1) is 9.22. The third kappa shape index (κ3) is 3.30. The van der Waals surface area contributed by atoms with Crippen molar-refractivity contribution in [3.63, 3.8) is 0 Å². The first-order valence-electron chi connectivity index (χ1n) is 7.82. The number of nitrogen functional groups attached to an aromatic ring is 1. The molecule has 1 aromatic carbocycles. The Labute approximate surface area is 117 Å². The summed E-state index contributed by atoms with van der Waals surface area (Å²) in [6.07, 6.45) is 8.40. The van der Waals surface area contributed by atoms with Crippen molar-refractivity contribution in [2.75, 3.05) is 5.73 Å². The molecular weight excluding hydrogens is 232 g/mol. The van der Waals surface area contributed by atoms with Crippen LogP contribution >= 0.6 is 0 Å². The second kappa shape index (κ2) is 5.54. The van der Waals surface area contributed by atoms with Gasteiger partial charge in [-0.3, -0.25) is 4.90 Å². The van der Waals surface area contributed by atoms with Crippen LogP contribution in [0.3, 0.4) is 0 Å². The van der Waals surface area contributed by atoms with Crippen molar-refractivity contribution in [1.82, 2.24) is 4.90 Å². The van der Waals surface area contributed by atoms with Gasteiger partial charge in [-0.05, 0) is 49.3 Å². The van der Waals surface area contributed by atoms with E-state index >= 15 is 0 Å². The van der Waals surface area contributed by atoms with Gasteiger partial charge in [0.15, 0.2) is 0 Å². The second-order valence-corrected chi connectivity index (χ2v) is 6.57. The zero-order valence-corrected chi connectivity index (χ0v) is 12.0. The van der Waals surface area contributed by atoms with Crippen molar-refractivity contribution in [2.45, 2.75) is 64.1 Å². The smallest absolute Gasteiger partial charge is 0.0317 e. The van der Waals surface area contributed by atoms with Gasteiger partial charge in [0.2, 0.25) is 0 Å². The summed E-state index contributed by atoms with van der Waals surface area (Å²) in [6.45, 7) is 3.50. The van der Waals surface area contributed by atoms with E-state index in [4.69, 9.17) is 5.73 Å². The number of anilines is 1. The average molecular weight is 258 g/mol. The van der Waals surface area contributed by atoms with Gasteiger partial charge in [-0.15, -0.1) is 0 Å². The van der Waals surface area contributed by atoms with Crippen molar-refractivity contribution in [3.8, 4) is 0 Å². The van der Waals surface area contributed by atoms with Crippen LogP contribution < -0.4 is 5.73 Å². The highest BCUT2D eigenvalue weighted by molar-refractivity contribution is 5.40. The molecule has 19 heavy (non-hydrogen) atoms. The Morgan fingerprint density at radius 1 is 1.16 bits per heavy atom. The summed E-state index contributed by atoms with van der Waals surface area (Å²) < 4.78 is 0. The van der Waals surface area contributed by atoms with E-state index in [0.717, 1.165) is 30.2 Å². The van der Waals surface area contributed by atoms with E-state index in [1.807, 2.05) is 6.07 Å². The van der Waals surface area contributed by atoms with E-state index < -0.39 is 0 Å². The molecule has 2 aliphatic rings. The maximum atomic E-state index is 5.91. The van der Waals surface area contributed by atoms with Crippen LogP contribution in [0.2, 0.25) is 0 Å². The zero-order chi connectivity index (χ0) is 13.2. The molecule has 2 N–H and O–H groups in total. The summed E-state index contributed by atoms with van der Waals surface area (Å²) in [4.78, 5) is 2.77. The largest absolute Gasteiger partial charge is 0.399 e. The monoisotopic (exact) mass is 258 g/mol. The van der Waals surface area contributed by atoms with Crippen LogP contribution in [0.4, 0.5) is 5.69 Å². The van der Waals surface area contributed by atoms with Gasteiger partial charge in [0, 0.05) is 24.3 Å². The number of nitrogens with zero attached hydrogens (tertiary/aromatic N) is 1. The van der Waals surface area contributed by atoms with E-state index in [9.17, 15) is 0 Å². The Bertz CT molecular complexity index is 425. The Balaban J connectivity index is 1.70. The normalized spacial score (nSPS) is 27.7. The van der Waals surface area contributed by atoms with E-state index in [1.165, 1.54) is 44.1 Å². The molecule has 2 unspecified atom stereocenters. The summed E-state index contributed by atoms with van der Waals surface area (Å²) in [5.41, 5.74) is 8.18. The minimum Gasteiger partial charge on any atom is -0.399 e. The molecule has 0 heterocycles. The highest BCUT2D eigenvalue weighted by Gasteiger charge is 2.35. The van der Waals surface area contributed by atoms with Gasteiger partial charge in [0.1, 0.15) is 0 Å². The zero-order valence-electron chi connectivity index (χ0n) is 12.0. The molecule has 2 saturated carbocycles. The SMILES string of the molecule is CC1CCCC(N(Cc2cccc(N)c2)C2CC2)C1. The molecule has 2 atom stereocenters. The van der Waals surface area contributed by atoms with Crippen molar-refractivity contribution >= 4 is 5.69 Å². The first kappa shape index (κ1) is 13.0. The van der Waals surface area contributed by atoms with Gasteiger partial charge >= 0.3 is 0 Å². The van der Waals surface area contributed by atoms with Crippen LogP contribution in [0, 0.1) is 5.92 Å². The predicted molar refractivity (Wildman–Crippen MR) is 80.8 cm³/mol. The lowest BCUT2D eigenvalue weighted by atomic mass is 9.86. The molecule has 2 aliphatic carbocycles. The Hall–Kier alpha value is -1.02. The molecule has 0 saturated heterocycles. The fourth-order valence-corrected chi connectivity index (χ4v) is 3.57. The molecule has 3 rings (SSSR count). The van der Waals surface area contributed by atoms with E-state index in [0.29, 0.717) is 0 Å². The maximum Gasteiger partial charge on any atom is 0.0317 e. The Kier molecular flexibility index (Phi) is 3.79. The number of rotatable bonds is 4. The second-order valence-electron chi connectivity index (χ2n) is 6.57. The minimum atomic E-state index is 0.803. The van der Waals surface area contributed by atoms with Crippen LogP contribution in [0.15, 0.2) is 24.3 Å². The Morgan fingerprint density at radius 2 is 2.00 bits per heavy atom. The lowest BCUT2D eigenvalue weighted by molar-refractivity contribution is 0.119. The van der Waals surface area contributed by atoms with Crippen molar-refractivity contribution in [2.24, 2.45) is 5.92 Å². The van der Waals surface area contributed by atoms with Gasteiger partial charge in [0.25, 0.3) is 0 Å². The fourth-order valence-electron chi connectivity index (χ4n) is 3.57. The molecule has 0 aromatic heterocycles. The van der Waals surface area contributed by atoms with Gasteiger partial charge in [-0.1, -0.05) is 31.9 Å². The topological polar surface area (TPSA) is 29.3 Å². The van der Waals surface area contributed by atoms with Gasteiger partial charge in [0.05, 0.1) is 0 Å². The third-order valence-electron chi connectivity index (χ3n) is 4.71. The molecule has 2 heteroatoms. The molecule has 2 nitrogen and oxygen atoms in total. The van der Waals surface area contributed by atoms with E-state index in [2.05, 4.69) is 30.0 Å². The van der Waals surface area contributed by atoms with Gasteiger partial charge < -0.3 is 5.73 Å². The molecule has 0 aliphatic heterocycles. The van der Waals surface area contributed by atoms with Crippen molar-refractivity contribution in [3.05, 3.63) is 29.8 Å². The molecule has 0 radical (unpaired) electrons. The summed E-state index contributed by atoms with van der Waals surface area (Å²) in [7, 11) is 0. The quantitative estimate of drug-likeness (QED) is 0.832. The number of nitrogens with two attached hydrogens (primary N) is 1. The molecule has 104 valence electrons. The molecular formula is C17H26N2. The molecule has 1 aromatic rings. The molecule has 2 fully saturated rings. The summed E-state index contributed by atoms with van der Waals surface area (Å²) in [6, 6.07) is 10.1. The highest BCUT2D eigenvalue weighted by atomic mass is 15.2. The predicted octanol–water partition coefficient (Wildman–Crippen LogP) is 3.81. The van der Waals surface area contributed by atoms with Crippen LogP contribution in [0.25, 0.3) is 0 Å². The highest BCUT2D eigenvalue weighted by Crippen LogP contribution is 2.36. The van der Waals surface area contributed by atoms with E-state index in [-0.39, 0.29) is 0 Å². The number of hydrogen-bond acceptors (Lipinski definition) is 2. The van der Waals surface area contributed by atoms with Gasteiger partial charge in [-0.25, -0.2) is 0 Å². The average Bonchev–Trinajstić information content (AvgIpc) is 3.20. The summed E-state index contributed by atoms with van der Waals surface area (Å²) in [5, 5.41) is 0. The summed E-state index contributed by atoms with van der Waals surface area (Å²) >= 11 is 0. The number of benzene rings is 1. The molecule has 0 bridgehead atoms. The summed E-state index contributed by atoms with van der Waals surface area (Å²) in [5.74, 6) is 0.904. The first-order valence-corrected chi connectivity index (χ1v) is 7.82. The lowest BCUT2D eigenvalue weighted by Gasteiger charge is -2.37. The van der Waals surface area contributed by atoms with Crippen LogP contribution in [-0.4, -0.2) is 17.0 Å². The third-order valence-corrected chi connectivity index (χ3v) is 4.71. The molecule has 0 spiro atoms. The fraction of sp³-hybridized carbons (Fsp3) is 0.647. The number of hydrogen-bond donors (Lipinski definition) is 1. The van der Waals surface area contributed by atoms with Crippen LogP contribution in [0.5, 0.6) is 0 Å².